The highest BCUT2D eigenvalue weighted by Crippen LogP contribution is 2.44. The van der Waals surface area contributed by atoms with E-state index in [9.17, 15) is 0 Å². The van der Waals surface area contributed by atoms with Crippen molar-refractivity contribution in [2.45, 2.75) is 44.6 Å². The lowest BCUT2D eigenvalue weighted by atomic mass is 9.74. The number of hydrogen-bond donors (Lipinski definition) is 0. The minimum atomic E-state index is 0.219. The van der Waals surface area contributed by atoms with E-state index in [1.807, 2.05) is 12.3 Å². The predicted octanol–water partition coefficient (Wildman–Crippen LogP) is 4.26. The molecule has 2 aromatic rings. The molecule has 1 fully saturated rings. The van der Waals surface area contributed by atoms with E-state index in [1.54, 1.807) is 0 Å². The highest BCUT2D eigenvalue weighted by atomic mass is 79.9. The van der Waals surface area contributed by atoms with Crippen molar-refractivity contribution in [1.82, 2.24) is 14.5 Å². The molecule has 0 saturated heterocycles. The van der Waals surface area contributed by atoms with Gasteiger partial charge >= 0.3 is 0 Å². The van der Waals surface area contributed by atoms with Crippen LogP contribution in [-0.4, -0.2) is 20.4 Å². The van der Waals surface area contributed by atoms with Crippen molar-refractivity contribution in [3.05, 3.63) is 22.6 Å². The molecular weight excluding hydrogens is 326 g/mol. The van der Waals surface area contributed by atoms with E-state index < -0.39 is 0 Å². The first-order valence-electron chi connectivity index (χ1n) is 6.79. The molecule has 102 valence electrons. The number of halogens is 2. The fourth-order valence-electron chi connectivity index (χ4n) is 3.06. The second kappa shape index (κ2) is 5.06. The topological polar surface area (TPSA) is 30.7 Å². The van der Waals surface area contributed by atoms with E-state index in [0.29, 0.717) is 5.88 Å². The van der Waals surface area contributed by atoms with Crippen LogP contribution in [0.1, 0.15) is 38.4 Å². The van der Waals surface area contributed by atoms with Gasteiger partial charge in [-0.25, -0.2) is 9.97 Å². The van der Waals surface area contributed by atoms with Gasteiger partial charge in [0.15, 0.2) is 5.65 Å². The summed E-state index contributed by atoms with van der Waals surface area (Å²) in [5.74, 6) is 1.68. The van der Waals surface area contributed by atoms with E-state index >= 15 is 0 Å². The molecule has 0 aliphatic heterocycles. The molecule has 0 amide bonds. The summed E-state index contributed by atoms with van der Waals surface area (Å²) < 4.78 is 3.34. The highest BCUT2D eigenvalue weighted by Gasteiger charge is 2.39. The Labute approximate surface area is 126 Å². The van der Waals surface area contributed by atoms with Crippen molar-refractivity contribution in [3.63, 3.8) is 0 Å². The van der Waals surface area contributed by atoms with Gasteiger partial charge in [-0.15, -0.1) is 11.6 Å². The average Bonchev–Trinajstić information content (AvgIpc) is 2.68. The number of fused-ring (bicyclic) bond motifs is 1. The summed E-state index contributed by atoms with van der Waals surface area (Å²) in [6, 6.07) is 2.04. The fraction of sp³-hybridized carbons (Fsp3) is 0.571. The summed E-state index contributed by atoms with van der Waals surface area (Å²) in [6.45, 7) is 2.26. The lowest BCUT2D eigenvalue weighted by Crippen LogP contribution is -2.41. The highest BCUT2D eigenvalue weighted by molar-refractivity contribution is 9.10. The number of imidazole rings is 1. The van der Waals surface area contributed by atoms with Crippen molar-refractivity contribution >= 4 is 38.7 Å². The van der Waals surface area contributed by atoms with Gasteiger partial charge in [0, 0.05) is 28.5 Å². The molecule has 0 bridgehead atoms. The van der Waals surface area contributed by atoms with Crippen molar-refractivity contribution in [3.8, 4) is 0 Å². The van der Waals surface area contributed by atoms with E-state index in [4.69, 9.17) is 16.6 Å². The Balaban J connectivity index is 2.21. The summed E-state index contributed by atoms with van der Waals surface area (Å²) in [7, 11) is 0. The van der Waals surface area contributed by atoms with Gasteiger partial charge in [0.05, 0.1) is 0 Å². The molecule has 0 spiro atoms. The van der Waals surface area contributed by atoms with Crippen molar-refractivity contribution in [1.29, 1.82) is 0 Å². The normalized spacial score (nSPS) is 17.6. The van der Waals surface area contributed by atoms with Crippen LogP contribution >= 0.6 is 27.5 Å². The average molecular weight is 343 g/mol. The summed E-state index contributed by atoms with van der Waals surface area (Å²) in [6.07, 6.45) is 7.53. The number of hydrogen-bond acceptors (Lipinski definition) is 2. The Bertz CT molecular complexity index is 598. The third-order valence-corrected chi connectivity index (χ3v) is 4.89. The molecule has 0 radical (unpaired) electrons. The zero-order valence-electron chi connectivity index (χ0n) is 11.0. The maximum atomic E-state index is 5.94. The number of aromatic nitrogens is 3. The van der Waals surface area contributed by atoms with E-state index in [2.05, 4.69) is 32.4 Å². The summed E-state index contributed by atoms with van der Waals surface area (Å²) in [4.78, 5) is 9.34. The number of alkyl halides is 1. The molecular formula is C14H17BrClN3. The van der Waals surface area contributed by atoms with Gasteiger partial charge in [-0.2, -0.15) is 0 Å². The Morgan fingerprint density at radius 1 is 1.47 bits per heavy atom. The SMILES string of the molecule is CCC1(n2c(CCCl)nc3cc(Br)cnc32)CCC1. The summed E-state index contributed by atoms with van der Waals surface area (Å²) in [5.41, 5.74) is 2.19. The molecule has 2 heterocycles. The second-order valence-electron chi connectivity index (χ2n) is 5.23. The first-order chi connectivity index (χ1) is 9.20. The molecule has 0 N–H and O–H groups in total. The van der Waals surface area contributed by atoms with Gasteiger partial charge in [-0.1, -0.05) is 6.92 Å². The molecule has 5 heteroatoms. The van der Waals surface area contributed by atoms with Crippen LogP contribution in [0.4, 0.5) is 0 Å². The Morgan fingerprint density at radius 2 is 2.26 bits per heavy atom. The van der Waals surface area contributed by atoms with E-state index in [0.717, 1.165) is 34.3 Å². The van der Waals surface area contributed by atoms with Crippen LogP contribution in [0.3, 0.4) is 0 Å². The van der Waals surface area contributed by atoms with Crippen LogP contribution in [0.2, 0.25) is 0 Å². The molecule has 3 nitrogen and oxygen atoms in total. The van der Waals surface area contributed by atoms with Gasteiger partial charge in [-0.3, -0.25) is 0 Å². The zero-order valence-corrected chi connectivity index (χ0v) is 13.3. The predicted molar refractivity (Wildman–Crippen MR) is 81.8 cm³/mol. The van der Waals surface area contributed by atoms with Gasteiger partial charge in [-0.05, 0) is 47.7 Å². The van der Waals surface area contributed by atoms with Gasteiger partial charge in [0.25, 0.3) is 0 Å². The third kappa shape index (κ3) is 2.09. The number of nitrogens with zero attached hydrogens (tertiary/aromatic N) is 3. The maximum Gasteiger partial charge on any atom is 0.160 e. The quantitative estimate of drug-likeness (QED) is 0.777. The number of aryl methyl sites for hydroxylation is 1. The van der Waals surface area contributed by atoms with Gasteiger partial charge < -0.3 is 4.57 Å². The van der Waals surface area contributed by atoms with Crippen LogP contribution in [0.15, 0.2) is 16.7 Å². The molecule has 19 heavy (non-hydrogen) atoms. The second-order valence-corrected chi connectivity index (χ2v) is 6.52. The molecule has 1 aliphatic carbocycles. The Kier molecular flexibility index (Phi) is 3.56. The van der Waals surface area contributed by atoms with Crippen LogP contribution in [0.25, 0.3) is 11.2 Å². The number of rotatable bonds is 4. The minimum Gasteiger partial charge on any atom is -0.306 e. The molecule has 0 aromatic carbocycles. The lowest BCUT2D eigenvalue weighted by Gasteiger charge is -2.43. The zero-order chi connectivity index (χ0) is 13.5. The standard InChI is InChI=1S/C14H17BrClN3/c1-2-14(5-3-6-14)19-12(4-7-16)18-11-8-10(15)9-17-13(11)19/h8-9H,2-7H2,1H3. The van der Waals surface area contributed by atoms with Gasteiger partial charge in [0.2, 0.25) is 0 Å². The molecule has 0 atom stereocenters. The molecule has 3 rings (SSSR count). The van der Waals surface area contributed by atoms with E-state index in [1.165, 1.54) is 19.3 Å². The van der Waals surface area contributed by atoms with Crippen LogP contribution in [0, 0.1) is 0 Å². The van der Waals surface area contributed by atoms with Crippen molar-refractivity contribution in [2.24, 2.45) is 0 Å². The summed E-state index contributed by atoms with van der Waals surface area (Å²) >= 11 is 9.40. The number of pyridine rings is 1. The van der Waals surface area contributed by atoms with Gasteiger partial charge in [0.1, 0.15) is 11.3 Å². The molecule has 0 unspecified atom stereocenters. The smallest absolute Gasteiger partial charge is 0.160 e. The first kappa shape index (κ1) is 13.4. The van der Waals surface area contributed by atoms with Crippen molar-refractivity contribution < 1.29 is 0 Å². The largest absolute Gasteiger partial charge is 0.306 e. The first-order valence-corrected chi connectivity index (χ1v) is 8.12. The Morgan fingerprint density at radius 3 is 2.84 bits per heavy atom. The monoisotopic (exact) mass is 341 g/mol. The Hall–Kier alpha value is -0.610. The minimum absolute atomic E-state index is 0.219. The molecule has 2 aromatic heterocycles. The molecule has 1 saturated carbocycles. The fourth-order valence-corrected chi connectivity index (χ4v) is 3.55. The molecule has 1 aliphatic rings. The van der Waals surface area contributed by atoms with Crippen molar-refractivity contribution in [2.75, 3.05) is 5.88 Å². The van der Waals surface area contributed by atoms with E-state index in [-0.39, 0.29) is 5.54 Å². The van der Waals surface area contributed by atoms with Crippen LogP contribution in [0.5, 0.6) is 0 Å². The van der Waals surface area contributed by atoms with Crippen LogP contribution < -0.4 is 0 Å². The maximum absolute atomic E-state index is 5.94. The third-order valence-electron chi connectivity index (χ3n) is 4.27. The summed E-state index contributed by atoms with van der Waals surface area (Å²) in [5, 5.41) is 0. The lowest BCUT2D eigenvalue weighted by molar-refractivity contribution is 0.137. The van der Waals surface area contributed by atoms with Crippen LogP contribution in [-0.2, 0) is 12.0 Å².